The molecular formula is C19H23NO2SSi. The Hall–Kier alpha value is -1.85. The molecule has 126 valence electrons. The smallest absolute Gasteiger partial charge is 0.241 e. The van der Waals surface area contributed by atoms with E-state index in [2.05, 4.69) is 19.6 Å². The molecule has 0 amide bonds. The highest BCUT2D eigenvalue weighted by Crippen LogP contribution is 2.28. The lowest BCUT2D eigenvalue weighted by Crippen LogP contribution is -2.23. The molecule has 1 aromatic heterocycles. The van der Waals surface area contributed by atoms with Gasteiger partial charge in [0.25, 0.3) is 10.0 Å². The maximum absolute atomic E-state index is 13.1. The number of aryl methyl sites for hydroxylation is 1. The van der Waals surface area contributed by atoms with Crippen molar-refractivity contribution in [3.8, 4) is 0 Å². The summed E-state index contributed by atoms with van der Waals surface area (Å²) in [4.78, 5) is 0.327. The molecule has 0 aliphatic heterocycles. The van der Waals surface area contributed by atoms with Crippen LogP contribution in [0, 0.1) is 6.92 Å². The zero-order valence-electron chi connectivity index (χ0n) is 14.6. The number of benzene rings is 2. The highest BCUT2D eigenvalue weighted by molar-refractivity contribution is 7.90. The fraction of sp³-hybridized carbons (Fsp3) is 0.263. The van der Waals surface area contributed by atoms with E-state index in [0.717, 1.165) is 28.1 Å². The van der Waals surface area contributed by atoms with Crippen molar-refractivity contribution >= 4 is 29.0 Å². The normalized spacial score (nSPS) is 12.7. The molecule has 3 rings (SSSR count). The lowest BCUT2D eigenvalue weighted by molar-refractivity contribution is 0.589. The van der Waals surface area contributed by atoms with Gasteiger partial charge in [0.05, 0.1) is 10.4 Å². The van der Waals surface area contributed by atoms with Crippen molar-refractivity contribution in [2.45, 2.75) is 37.5 Å². The molecule has 0 atom stereocenters. The van der Waals surface area contributed by atoms with E-state index in [1.807, 2.05) is 49.5 Å². The quantitative estimate of drug-likeness (QED) is 0.640. The van der Waals surface area contributed by atoms with Crippen LogP contribution in [0.5, 0.6) is 0 Å². The van der Waals surface area contributed by atoms with Crippen LogP contribution in [0.3, 0.4) is 0 Å². The molecule has 1 heterocycles. The van der Waals surface area contributed by atoms with Crippen LogP contribution in [-0.4, -0.2) is 20.5 Å². The lowest BCUT2D eigenvalue weighted by Gasteiger charge is -2.14. The second kappa shape index (κ2) is 5.90. The molecule has 2 aromatic carbocycles. The average Bonchev–Trinajstić information content (AvgIpc) is 2.86. The zero-order chi connectivity index (χ0) is 17.5. The molecule has 0 bridgehead atoms. The van der Waals surface area contributed by atoms with E-state index in [9.17, 15) is 8.42 Å². The van der Waals surface area contributed by atoms with E-state index in [0.29, 0.717) is 4.90 Å². The monoisotopic (exact) mass is 357 g/mol. The Labute approximate surface area is 145 Å². The summed E-state index contributed by atoms with van der Waals surface area (Å²) < 4.78 is 27.7. The van der Waals surface area contributed by atoms with Crippen LogP contribution >= 0.6 is 0 Å². The Kier molecular flexibility index (Phi) is 4.17. The first kappa shape index (κ1) is 17.0. The van der Waals surface area contributed by atoms with Crippen LogP contribution in [0.15, 0.2) is 59.6 Å². The molecule has 0 aliphatic rings. The van der Waals surface area contributed by atoms with Crippen molar-refractivity contribution in [3.05, 3.63) is 65.9 Å². The first-order chi connectivity index (χ1) is 11.2. The van der Waals surface area contributed by atoms with Gasteiger partial charge in [0.15, 0.2) is 0 Å². The first-order valence-electron chi connectivity index (χ1n) is 8.10. The highest BCUT2D eigenvalue weighted by Gasteiger charge is 2.23. The molecule has 0 fully saturated rings. The topological polar surface area (TPSA) is 39.1 Å². The van der Waals surface area contributed by atoms with Crippen LogP contribution in [0.25, 0.3) is 10.9 Å². The Morgan fingerprint density at radius 3 is 2.21 bits per heavy atom. The number of fused-ring (bicyclic) bond motifs is 1. The van der Waals surface area contributed by atoms with Crippen molar-refractivity contribution < 1.29 is 8.42 Å². The van der Waals surface area contributed by atoms with Gasteiger partial charge < -0.3 is 0 Å². The molecular weight excluding hydrogens is 334 g/mol. The lowest BCUT2D eigenvalue weighted by atomic mass is 10.2. The number of aromatic nitrogens is 1. The minimum atomic E-state index is -3.58. The van der Waals surface area contributed by atoms with Gasteiger partial charge in [0, 0.05) is 19.7 Å². The van der Waals surface area contributed by atoms with Crippen LogP contribution in [0.2, 0.25) is 19.6 Å². The minimum absolute atomic E-state index is 0.327. The van der Waals surface area contributed by atoms with Crippen molar-refractivity contribution in [1.82, 2.24) is 3.97 Å². The summed E-state index contributed by atoms with van der Waals surface area (Å²) in [7, 11) is -4.94. The standard InChI is InChI=1S/C19H23NO2SSi/c1-15-9-11-17(12-10-15)23(21,22)20-13-16(14-24(2,3)4)18-7-5-6-8-19(18)20/h5-13H,14H2,1-4H3. The van der Waals surface area contributed by atoms with Crippen LogP contribution in [-0.2, 0) is 16.1 Å². The maximum atomic E-state index is 13.1. The molecule has 24 heavy (non-hydrogen) atoms. The number of hydrogen-bond donors (Lipinski definition) is 0. The van der Waals surface area contributed by atoms with Crippen molar-refractivity contribution in [3.63, 3.8) is 0 Å². The predicted molar refractivity (Wildman–Crippen MR) is 103 cm³/mol. The summed E-state index contributed by atoms with van der Waals surface area (Å²) >= 11 is 0. The molecule has 0 N–H and O–H groups in total. The summed E-state index contributed by atoms with van der Waals surface area (Å²) in [5.74, 6) is 0. The molecule has 0 unspecified atom stereocenters. The third-order valence-corrected chi connectivity index (χ3v) is 7.19. The van der Waals surface area contributed by atoms with Gasteiger partial charge in [-0.25, -0.2) is 12.4 Å². The summed E-state index contributed by atoms with van der Waals surface area (Å²) in [6.45, 7) is 8.85. The van der Waals surface area contributed by atoms with E-state index in [4.69, 9.17) is 0 Å². The molecule has 5 heteroatoms. The molecule has 3 nitrogen and oxygen atoms in total. The zero-order valence-corrected chi connectivity index (χ0v) is 16.4. The van der Waals surface area contributed by atoms with Crippen molar-refractivity contribution in [2.75, 3.05) is 0 Å². The summed E-state index contributed by atoms with van der Waals surface area (Å²) in [6, 6.07) is 15.8. The molecule has 0 aliphatic carbocycles. The van der Waals surface area contributed by atoms with Gasteiger partial charge in [-0.1, -0.05) is 55.5 Å². The third kappa shape index (κ3) is 3.19. The van der Waals surface area contributed by atoms with Gasteiger partial charge in [-0.05, 0) is 36.7 Å². The van der Waals surface area contributed by atoms with E-state index in [-0.39, 0.29) is 0 Å². The SMILES string of the molecule is Cc1ccc(S(=O)(=O)n2cc(C[Si](C)(C)C)c3ccccc32)cc1. The van der Waals surface area contributed by atoms with Crippen LogP contribution < -0.4 is 0 Å². The van der Waals surface area contributed by atoms with E-state index in [1.165, 1.54) is 3.97 Å². The van der Waals surface area contributed by atoms with Gasteiger partial charge in [-0.2, -0.15) is 0 Å². The Balaban J connectivity index is 2.21. The van der Waals surface area contributed by atoms with E-state index < -0.39 is 18.1 Å². The van der Waals surface area contributed by atoms with Gasteiger partial charge in [0.2, 0.25) is 0 Å². The Morgan fingerprint density at radius 2 is 1.58 bits per heavy atom. The largest absolute Gasteiger partial charge is 0.268 e. The minimum Gasteiger partial charge on any atom is -0.241 e. The molecule has 0 saturated heterocycles. The molecule has 0 spiro atoms. The molecule has 3 aromatic rings. The van der Waals surface area contributed by atoms with Gasteiger partial charge >= 0.3 is 0 Å². The molecule has 0 radical (unpaired) electrons. The van der Waals surface area contributed by atoms with Gasteiger partial charge in [-0.3, -0.25) is 0 Å². The van der Waals surface area contributed by atoms with Gasteiger partial charge in [-0.15, -0.1) is 0 Å². The van der Waals surface area contributed by atoms with E-state index in [1.54, 1.807) is 12.1 Å². The summed E-state index contributed by atoms with van der Waals surface area (Å²) in [5, 5.41) is 1.04. The maximum Gasteiger partial charge on any atom is 0.268 e. The number of rotatable bonds is 4. The molecule has 0 saturated carbocycles. The van der Waals surface area contributed by atoms with Crippen molar-refractivity contribution in [2.24, 2.45) is 0 Å². The second-order valence-corrected chi connectivity index (χ2v) is 14.8. The summed E-state index contributed by atoms with van der Waals surface area (Å²) in [5.41, 5.74) is 2.93. The third-order valence-electron chi connectivity index (χ3n) is 4.06. The fourth-order valence-electron chi connectivity index (χ4n) is 2.95. The predicted octanol–water partition coefficient (Wildman–Crippen LogP) is 4.61. The fourth-order valence-corrected chi connectivity index (χ4v) is 5.77. The van der Waals surface area contributed by atoms with Crippen molar-refractivity contribution in [1.29, 1.82) is 0 Å². The number of nitrogens with zero attached hydrogens (tertiary/aromatic N) is 1. The Morgan fingerprint density at radius 1 is 0.958 bits per heavy atom. The van der Waals surface area contributed by atoms with E-state index >= 15 is 0 Å². The Bertz CT molecular complexity index is 980. The highest BCUT2D eigenvalue weighted by atomic mass is 32.2. The number of hydrogen-bond acceptors (Lipinski definition) is 2. The summed E-state index contributed by atoms with van der Waals surface area (Å²) in [6.07, 6.45) is 1.82. The second-order valence-electron chi connectivity index (χ2n) is 7.52. The number of para-hydroxylation sites is 1. The average molecular weight is 358 g/mol. The van der Waals surface area contributed by atoms with Crippen LogP contribution in [0.4, 0.5) is 0 Å². The first-order valence-corrected chi connectivity index (χ1v) is 13.2. The van der Waals surface area contributed by atoms with Gasteiger partial charge in [0.1, 0.15) is 0 Å². The van der Waals surface area contributed by atoms with Crippen LogP contribution in [0.1, 0.15) is 11.1 Å².